The van der Waals surface area contributed by atoms with Crippen LogP contribution in [-0.2, 0) is 10.0 Å². The Labute approximate surface area is 112 Å². The summed E-state index contributed by atoms with van der Waals surface area (Å²) in [6.45, 7) is 3.89. The van der Waals surface area contributed by atoms with Crippen molar-refractivity contribution in [3.63, 3.8) is 0 Å². The van der Waals surface area contributed by atoms with Gasteiger partial charge in [-0.1, -0.05) is 12.1 Å². The van der Waals surface area contributed by atoms with E-state index in [4.69, 9.17) is 5.73 Å². The van der Waals surface area contributed by atoms with Gasteiger partial charge < -0.3 is 5.73 Å². The second kappa shape index (κ2) is 5.24. The molecule has 0 unspecified atom stereocenters. The van der Waals surface area contributed by atoms with Gasteiger partial charge in [0.15, 0.2) is 0 Å². The fourth-order valence-corrected chi connectivity index (χ4v) is 3.27. The summed E-state index contributed by atoms with van der Waals surface area (Å²) >= 11 is 0. The molecule has 1 heterocycles. The first kappa shape index (κ1) is 13.9. The van der Waals surface area contributed by atoms with E-state index in [0.29, 0.717) is 5.52 Å². The Balaban J connectivity index is 2.56. The summed E-state index contributed by atoms with van der Waals surface area (Å²) < 4.78 is 27.1. The average molecular weight is 279 g/mol. The minimum Gasteiger partial charge on any atom is -0.329 e. The second-order valence-electron chi connectivity index (χ2n) is 4.60. The number of nitrogens with zero attached hydrogens (tertiary/aromatic N) is 1. The van der Waals surface area contributed by atoms with E-state index in [1.54, 1.807) is 25.3 Å². The van der Waals surface area contributed by atoms with Crippen molar-refractivity contribution in [3.8, 4) is 0 Å². The molecular formula is C13H17N3O2S. The van der Waals surface area contributed by atoms with Gasteiger partial charge in [-0.25, -0.2) is 13.1 Å². The molecule has 0 saturated carbocycles. The zero-order valence-corrected chi connectivity index (χ0v) is 11.7. The number of aromatic nitrogens is 1. The van der Waals surface area contributed by atoms with Crippen molar-refractivity contribution in [3.05, 3.63) is 36.0 Å². The molecule has 0 aliphatic carbocycles. The molecule has 0 fully saturated rings. The molecule has 19 heavy (non-hydrogen) atoms. The molecule has 3 N–H and O–H groups in total. The van der Waals surface area contributed by atoms with E-state index >= 15 is 0 Å². The molecule has 1 aromatic carbocycles. The molecule has 0 aliphatic heterocycles. The van der Waals surface area contributed by atoms with E-state index in [-0.39, 0.29) is 17.5 Å². The van der Waals surface area contributed by atoms with E-state index in [1.165, 1.54) is 0 Å². The fourth-order valence-electron chi connectivity index (χ4n) is 1.84. The molecule has 1 aromatic heterocycles. The SMILES string of the molecule is Cc1cnc2c(S(=O)(=O)N[C@@H](C)CN)cccc2c1. The van der Waals surface area contributed by atoms with Crippen molar-refractivity contribution in [2.75, 3.05) is 6.54 Å². The molecule has 2 rings (SSSR count). The molecule has 2 aromatic rings. The highest BCUT2D eigenvalue weighted by molar-refractivity contribution is 7.89. The van der Waals surface area contributed by atoms with Crippen LogP contribution in [0.25, 0.3) is 10.9 Å². The predicted molar refractivity (Wildman–Crippen MR) is 75.3 cm³/mol. The van der Waals surface area contributed by atoms with E-state index in [9.17, 15) is 8.42 Å². The Hall–Kier alpha value is -1.50. The van der Waals surface area contributed by atoms with E-state index in [1.807, 2.05) is 19.1 Å². The number of para-hydroxylation sites is 1. The number of nitrogens with two attached hydrogens (primary N) is 1. The van der Waals surface area contributed by atoms with Crippen LogP contribution in [0.5, 0.6) is 0 Å². The first-order valence-corrected chi connectivity index (χ1v) is 7.50. The molecule has 0 bridgehead atoms. The number of pyridine rings is 1. The summed E-state index contributed by atoms with van der Waals surface area (Å²) in [5.74, 6) is 0. The number of rotatable bonds is 4. The fraction of sp³-hybridized carbons (Fsp3) is 0.308. The standard InChI is InChI=1S/C13H17N3O2S/c1-9-6-11-4-3-5-12(13(11)15-8-9)19(17,18)16-10(2)7-14/h3-6,8,10,16H,7,14H2,1-2H3/t10-/m0/s1. The largest absolute Gasteiger partial charge is 0.329 e. The summed E-state index contributed by atoms with van der Waals surface area (Å²) in [6.07, 6.45) is 1.66. The predicted octanol–water partition coefficient (Wildman–Crippen LogP) is 1.17. The van der Waals surface area contributed by atoms with Crippen LogP contribution in [0.4, 0.5) is 0 Å². The van der Waals surface area contributed by atoms with E-state index in [2.05, 4.69) is 9.71 Å². The molecule has 0 spiro atoms. The average Bonchev–Trinajstić information content (AvgIpc) is 2.37. The lowest BCUT2D eigenvalue weighted by Gasteiger charge is -2.13. The number of aryl methyl sites for hydroxylation is 1. The van der Waals surface area contributed by atoms with Crippen molar-refractivity contribution in [1.82, 2.24) is 9.71 Å². The monoisotopic (exact) mass is 279 g/mol. The highest BCUT2D eigenvalue weighted by Crippen LogP contribution is 2.21. The third kappa shape index (κ3) is 2.91. The van der Waals surface area contributed by atoms with Gasteiger partial charge in [0, 0.05) is 24.2 Å². The van der Waals surface area contributed by atoms with Crippen molar-refractivity contribution in [2.24, 2.45) is 5.73 Å². The summed E-state index contributed by atoms with van der Waals surface area (Å²) in [6, 6.07) is 6.71. The van der Waals surface area contributed by atoms with Crippen LogP contribution in [0, 0.1) is 6.92 Å². The maximum Gasteiger partial charge on any atom is 0.243 e. The maximum absolute atomic E-state index is 12.3. The number of sulfonamides is 1. The summed E-state index contributed by atoms with van der Waals surface area (Å²) in [7, 11) is -3.60. The minimum absolute atomic E-state index is 0.185. The highest BCUT2D eigenvalue weighted by Gasteiger charge is 2.19. The number of hydrogen-bond acceptors (Lipinski definition) is 4. The lowest BCUT2D eigenvalue weighted by Crippen LogP contribution is -2.37. The second-order valence-corrected chi connectivity index (χ2v) is 6.28. The number of nitrogens with one attached hydrogen (secondary N) is 1. The van der Waals surface area contributed by atoms with Crippen LogP contribution in [0.1, 0.15) is 12.5 Å². The molecule has 6 heteroatoms. The Morgan fingerprint density at radius 3 is 2.84 bits per heavy atom. The van der Waals surface area contributed by atoms with E-state index < -0.39 is 10.0 Å². The topological polar surface area (TPSA) is 85.1 Å². The van der Waals surface area contributed by atoms with Gasteiger partial charge in [0.05, 0.1) is 5.52 Å². The molecule has 102 valence electrons. The minimum atomic E-state index is -3.60. The smallest absolute Gasteiger partial charge is 0.243 e. The lowest BCUT2D eigenvalue weighted by molar-refractivity contribution is 0.563. The Morgan fingerprint density at radius 1 is 1.42 bits per heavy atom. The molecule has 5 nitrogen and oxygen atoms in total. The third-order valence-electron chi connectivity index (χ3n) is 2.81. The van der Waals surface area contributed by atoms with Crippen LogP contribution >= 0.6 is 0 Å². The molecule has 0 saturated heterocycles. The Kier molecular flexibility index (Phi) is 3.84. The van der Waals surface area contributed by atoms with Crippen LogP contribution in [0.15, 0.2) is 35.4 Å². The van der Waals surface area contributed by atoms with Gasteiger partial charge in [-0.15, -0.1) is 0 Å². The zero-order valence-electron chi connectivity index (χ0n) is 10.9. The van der Waals surface area contributed by atoms with Gasteiger partial charge in [-0.05, 0) is 31.5 Å². The summed E-state index contributed by atoms with van der Waals surface area (Å²) in [5.41, 5.74) is 6.91. The van der Waals surface area contributed by atoms with Gasteiger partial charge in [0.25, 0.3) is 0 Å². The normalized spacial score (nSPS) is 13.6. The van der Waals surface area contributed by atoms with E-state index in [0.717, 1.165) is 10.9 Å². The van der Waals surface area contributed by atoms with Crippen molar-refractivity contribution in [2.45, 2.75) is 24.8 Å². The first-order valence-electron chi connectivity index (χ1n) is 6.02. The van der Waals surface area contributed by atoms with Gasteiger partial charge in [-0.2, -0.15) is 0 Å². The van der Waals surface area contributed by atoms with Crippen molar-refractivity contribution in [1.29, 1.82) is 0 Å². The maximum atomic E-state index is 12.3. The number of hydrogen-bond donors (Lipinski definition) is 2. The number of benzene rings is 1. The Bertz CT molecular complexity index is 698. The molecule has 0 radical (unpaired) electrons. The third-order valence-corrected chi connectivity index (χ3v) is 4.43. The van der Waals surface area contributed by atoms with Crippen LogP contribution in [0.3, 0.4) is 0 Å². The molecule has 0 amide bonds. The lowest BCUT2D eigenvalue weighted by atomic mass is 10.2. The molecule has 0 aliphatic rings. The van der Waals surface area contributed by atoms with Crippen molar-refractivity contribution >= 4 is 20.9 Å². The number of fused-ring (bicyclic) bond motifs is 1. The molecule has 1 atom stereocenters. The van der Waals surface area contributed by atoms with Crippen LogP contribution in [-0.4, -0.2) is 26.0 Å². The van der Waals surface area contributed by atoms with Crippen LogP contribution in [0.2, 0.25) is 0 Å². The van der Waals surface area contributed by atoms with Gasteiger partial charge in [0.1, 0.15) is 4.90 Å². The van der Waals surface area contributed by atoms with Gasteiger partial charge >= 0.3 is 0 Å². The van der Waals surface area contributed by atoms with Gasteiger partial charge in [0.2, 0.25) is 10.0 Å². The summed E-state index contributed by atoms with van der Waals surface area (Å²) in [4.78, 5) is 4.42. The Morgan fingerprint density at radius 2 is 2.16 bits per heavy atom. The highest BCUT2D eigenvalue weighted by atomic mass is 32.2. The van der Waals surface area contributed by atoms with Crippen molar-refractivity contribution < 1.29 is 8.42 Å². The van der Waals surface area contributed by atoms with Crippen LogP contribution < -0.4 is 10.5 Å². The first-order chi connectivity index (χ1) is 8.94. The quantitative estimate of drug-likeness (QED) is 0.879. The van der Waals surface area contributed by atoms with Gasteiger partial charge in [-0.3, -0.25) is 4.98 Å². The summed E-state index contributed by atoms with van der Waals surface area (Å²) in [5, 5.41) is 0.809. The zero-order chi connectivity index (χ0) is 14.0. The molecular weight excluding hydrogens is 262 g/mol.